The van der Waals surface area contributed by atoms with E-state index in [4.69, 9.17) is 5.73 Å². The van der Waals surface area contributed by atoms with E-state index in [1.807, 2.05) is 0 Å². The fraction of sp³-hybridized carbons (Fsp3) is 0.333. The first-order valence-electron chi connectivity index (χ1n) is 5.81. The fourth-order valence-electron chi connectivity index (χ4n) is 1.33. The number of sulfonamides is 1. The first-order valence-corrected chi connectivity index (χ1v) is 7.70. The maximum absolute atomic E-state index is 11.9. The Morgan fingerprint density at radius 3 is 2.85 bits per heavy atom. The van der Waals surface area contributed by atoms with Crippen LogP contribution < -0.4 is 15.8 Å². The Bertz CT molecular complexity index is 632. The summed E-state index contributed by atoms with van der Waals surface area (Å²) in [5.74, 6) is 5.00. The average molecular weight is 296 g/mol. The second-order valence-corrected chi connectivity index (χ2v) is 5.66. The zero-order chi connectivity index (χ0) is 15.0. The number of aromatic nitrogens is 1. The second kappa shape index (κ2) is 7.59. The number of rotatable bonds is 5. The minimum Gasteiger partial charge on any atom is -0.349 e. The van der Waals surface area contributed by atoms with Gasteiger partial charge >= 0.3 is 0 Å². The molecule has 0 aliphatic rings. The van der Waals surface area contributed by atoms with Gasteiger partial charge < -0.3 is 11.1 Å². The van der Waals surface area contributed by atoms with Crippen molar-refractivity contribution >= 4 is 15.9 Å². The van der Waals surface area contributed by atoms with Crippen LogP contribution in [0.25, 0.3) is 0 Å². The molecule has 1 heterocycles. The van der Waals surface area contributed by atoms with Crippen molar-refractivity contribution in [2.24, 2.45) is 5.73 Å². The van der Waals surface area contributed by atoms with Crippen LogP contribution in [0.1, 0.15) is 16.1 Å². The maximum Gasteiger partial charge on any atom is 0.271 e. The quantitative estimate of drug-likeness (QED) is 0.460. The molecule has 0 aliphatic heterocycles. The molecule has 0 fully saturated rings. The summed E-state index contributed by atoms with van der Waals surface area (Å²) >= 11 is 0. The molecule has 1 aromatic heterocycles. The van der Waals surface area contributed by atoms with Gasteiger partial charge in [0.05, 0.1) is 18.4 Å². The second-order valence-electron chi connectivity index (χ2n) is 3.83. The smallest absolute Gasteiger partial charge is 0.271 e. The van der Waals surface area contributed by atoms with Crippen molar-refractivity contribution in [3.05, 3.63) is 29.6 Å². The van der Waals surface area contributed by atoms with Crippen molar-refractivity contribution in [1.29, 1.82) is 0 Å². The lowest BCUT2D eigenvalue weighted by Gasteiger charge is -2.06. The molecule has 0 spiro atoms. The van der Waals surface area contributed by atoms with Crippen LogP contribution in [-0.2, 0) is 10.0 Å². The third-order valence-corrected chi connectivity index (χ3v) is 2.85. The summed E-state index contributed by atoms with van der Waals surface area (Å²) in [5, 5.41) is 2.56. The lowest BCUT2D eigenvalue weighted by molar-refractivity contribution is 0.0949. The van der Waals surface area contributed by atoms with Gasteiger partial charge in [-0.05, 0) is 12.1 Å². The molecular weight excluding hydrogens is 280 g/mol. The van der Waals surface area contributed by atoms with Crippen molar-refractivity contribution in [1.82, 2.24) is 15.0 Å². The Labute approximate surface area is 118 Å². The summed E-state index contributed by atoms with van der Waals surface area (Å²) in [4.78, 5) is 15.9. The van der Waals surface area contributed by atoms with Crippen molar-refractivity contribution < 1.29 is 13.2 Å². The van der Waals surface area contributed by atoms with E-state index < -0.39 is 15.9 Å². The van der Waals surface area contributed by atoms with Crippen LogP contribution >= 0.6 is 0 Å². The van der Waals surface area contributed by atoms with Gasteiger partial charge in [-0.2, -0.15) is 0 Å². The molecule has 0 bridgehead atoms. The van der Waals surface area contributed by atoms with E-state index in [0.717, 1.165) is 6.26 Å². The number of amides is 1. The highest BCUT2D eigenvalue weighted by Gasteiger charge is 2.10. The van der Waals surface area contributed by atoms with Gasteiger partial charge in [-0.1, -0.05) is 11.8 Å². The molecule has 0 aliphatic carbocycles. The first kappa shape index (κ1) is 16.1. The zero-order valence-electron chi connectivity index (χ0n) is 11.0. The van der Waals surface area contributed by atoms with Crippen LogP contribution in [-0.4, -0.2) is 45.2 Å². The van der Waals surface area contributed by atoms with Crippen molar-refractivity contribution in [2.45, 2.75) is 0 Å². The minimum atomic E-state index is -3.26. The van der Waals surface area contributed by atoms with Crippen molar-refractivity contribution in [3.63, 3.8) is 0 Å². The number of hydrogen-bond donors (Lipinski definition) is 3. The van der Waals surface area contributed by atoms with Crippen LogP contribution in [0.4, 0.5) is 0 Å². The minimum absolute atomic E-state index is 0.112. The van der Waals surface area contributed by atoms with Gasteiger partial charge in [-0.25, -0.2) is 18.1 Å². The highest BCUT2D eigenvalue weighted by molar-refractivity contribution is 7.88. The molecule has 0 radical (unpaired) electrons. The zero-order valence-corrected chi connectivity index (χ0v) is 11.8. The van der Waals surface area contributed by atoms with E-state index in [9.17, 15) is 13.2 Å². The van der Waals surface area contributed by atoms with Crippen LogP contribution in [0, 0.1) is 11.8 Å². The molecule has 1 aromatic rings. The highest BCUT2D eigenvalue weighted by atomic mass is 32.2. The molecule has 0 aromatic carbocycles. The normalized spacial score (nSPS) is 10.5. The van der Waals surface area contributed by atoms with Crippen LogP contribution in [0.3, 0.4) is 0 Å². The Balaban J connectivity index is 2.64. The number of carbonyl (C=O) groups is 1. The molecular formula is C12H16N4O3S. The van der Waals surface area contributed by atoms with Gasteiger partial charge in [-0.3, -0.25) is 4.79 Å². The van der Waals surface area contributed by atoms with Gasteiger partial charge in [-0.15, -0.1) is 0 Å². The van der Waals surface area contributed by atoms with Gasteiger partial charge in [0.25, 0.3) is 5.91 Å². The number of nitrogens with two attached hydrogens (primary N) is 1. The standard InChI is InChI=1S/C12H16N4O3S/c1-20(18,19)16-9-8-15-12(17)11-10(4-2-6-13)5-3-7-14-11/h3,5,7,16H,6,8-9,13H2,1H3,(H,15,17). The molecule has 8 heteroatoms. The highest BCUT2D eigenvalue weighted by Crippen LogP contribution is 2.03. The Morgan fingerprint density at radius 2 is 2.20 bits per heavy atom. The Hall–Kier alpha value is -1.95. The molecule has 7 nitrogen and oxygen atoms in total. The molecule has 20 heavy (non-hydrogen) atoms. The largest absolute Gasteiger partial charge is 0.349 e. The molecule has 0 unspecified atom stereocenters. The number of nitrogens with one attached hydrogen (secondary N) is 2. The lowest BCUT2D eigenvalue weighted by Crippen LogP contribution is -2.34. The summed E-state index contributed by atoms with van der Waals surface area (Å²) in [6.45, 7) is 0.460. The van der Waals surface area contributed by atoms with E-state index in [1.54, 1.807) is 12.1 Å². The summed E-state index contributed by atoms with van der Waals surface area (Å²) in [6.07, 6.45) is 2.53. The van der Waals surface area contributed by atoms with Gasteiger partial charge in [0.1, 0.15) is 5.69 Å². The molecule has 1 amide bonds. The number of carbonyl (C=O) groups excluding carboxylic acids is 1. The molecule has 0 atom stereocenters. The summed E-state index contributed by atoms with van der Waals surface area (Å²) in [6, 6.07) is 3.34. The topological polar surface area (TPSA) is 114 Å². The fourth-order valence-corrected chi connectivity index (χ4v) is 1.80. The predicted octanol–water partition coefficient (Wildman–Crippen LogP) is -1.33. The van der Waals surface area contributed by atoms with Crippen LogP contribution in [0.5, 0.6) is 0 Å². The maximum atomic E-state index is 11.9. The number of pyridine rings is 1. The van der Waals surface area contributed by atoms with E-state index in [0.29, 0.717) is 5.56 Å². The van der Waals surface area contributed by atoms with Gasteiger partial charge in [0.15, 0.2) is 0 Å². The Morgan fingerprint density at radius 1 is 1.45 bits per heavy atom. The van der Waals surface area contributed by atoms with E-state index in [-0.39, 0.29) is 25.3 Å². The average Bonchev–Trinajstić information content (AvgIpc) is 2.40. The third kappa shape index (κ3) is 5.79. The lowest BCUT2D eigenvalue weighted by atomic mass is 10.2. The summed E-state index contributed by atoms with van der Waals surface area (Å²) in [7, 11) is -3.26. The molecule has 0 saturated carbocycles. The van der Waals surface area contributed by atoms with E-state index in [1.165, 1.54) is 6.20 Å². The molecule has 0 saturated heterocycles. The number of hydrogen-bond acceptors (Lipinski definition) is 5. The van der Waals surface area contributed by atoms with E-state index >= 15 is 0 Å². The van der Waals surface area contributed by atoms with E-state index in [2.05, 4.69) is 26.9 Å². The SMILES string of the molecule is CS(=O)(=O)NCCNC(=O)c1ncccc1C#CCN. The predicted molar refractivity (Wildman–Crippen MR) is 75.3 cm³/mol. The molecule has 4 N–H and O–H groups in total. The number of nitrogens with zero attached hydrogens (tertiary/aromatic N) is 1. The molecule has 1 rings (SSSR count). The van der Waals surface area contributed by atoms with Crippen molar-refractivity contribution in [3.8, 4) is 11.8 Å². The van der Waals surface area contributed by atoms with Crippen LogP contribution in [0.2, 0.25) is 0 Å². The third-order valence-electron chi connectivity index (χ3n) is 2.12. The summed E-state index contributed by atoms with van der Waals surface area (Å²) in [5.41, 5.74) is 5.95. The van der Waals surface area contributed by atoms with Gasteiger partial charge in [0, 0.05) is 19.3 Å². The molecule has 108 valence electrons. The first-order chi connectivity index (χ1) is 9.44. The summed E-state index contributed by atoms with van der Waals surface area (Å²) < 4.78 is 24.0. The van der Waals surface area contributed by atoms with Crippen molar-refractivity contribution in [2.75, 3.05) is 25.9 Å². The Kier molecular flexibility index (Phi) is 6.11. The van der Waals surface area contributed by atoms with Crippen LogP contribution in [0.15, 0.2) is 18.3 Å². The monoisotopic (exact) mass is 296 g/mol. The van der Waals surface area contributed by atoms with Gasteiger partial charge in [0.2, 0.25) is 10.0 Å².